The molecule has 19 heavy (non-hydrogen) atoms. The maximum Gasteiger partial charge on any atom is 0.113 e. The second kappa shape index (κ2) is 5.15. The van der Waals surface area contributed by atoms with Crippen molar-refractivity contribution in [3.8, 4) is 0 Å². The summed E-state index contributed by atoms with van der Waals surface area (Å²) in [5, 5.41) is 14.7. The normalized spacial score (nSPS) is 20.0. The van der Waals surface area contributed by atoms with Gasteiger partial charge in [0, 0.05) is 18.3 Å². The summed E-state index contributed by atoms with van der Waals surface area (Å²) in [6.45, 7) is 3.48. The third-order valence-electron chi connectivity index (χ3n) is 3.64. The Hall–Kier alpha value is -1.65. The Kier molecular flexibility index (Phi) is 3.36. The first kappa shape index (κ1) is 12.4. The Morgan fingerprint density at radius 1 is 1.47 bits per heavy atom. The van der Waals surface area contributed by atoms with Crippen LogP contribution in [0.5, 0.6) is 0 Å². The Morgan fingerprint density at radius 2 is 2.32 bits per heavy atom. The van der Waals surface area contributed by atoms with Gasteiger partial charge in [-0.3, -0.25) is 4.68 Å². The molecule has 3 rings (SSSR count). The molecule has 1 aliphatic rings. The van der Waals surface area contributed by atoms with Crippen LogP contribution < -0.4 is 0 Å². The first-order valence-electron chi connectivity index (χ1n) is 6.69. The van der Waals surface area contributed by atoms with Crippen molar-refractivity contribution in [1.29, 1.82) is 0 Å². The molecule has 0 amide bonds. The molecule has 1 N–H and O–H groups in total. The highest BCUT2D eigenvalue weighted by molar-refractivity contribution is 5.33. The molecule has 4 heteroatoms. The number of nitrogens with zero attached hydrogens (tertiary/aromatic N) is 2. The minimum absolute atomic E-state index is 0.292. The van der Waals surface area contributed by atoms with Crippen molar-refractivity contribution in [2.45, 2.75) is 32.1 Å². The predicted molar refractivity (Wildman–Crippen MR) is 71.7 cm³/mol. The van der Waals surface area contributed by atoms with Crippen molar-refractivity contribution >= 4 is 0 Å². The van der Waals surface area contributed by atoms with Crippen LogP contribution in [0.2, 0.25) is 0 Å². The zero-order valence-corrected chi connectivity index (χ0v) is 11.0. The van der Waals surface area contributed by atoms with Crippen LogP contribution in [0.1, 0.15) is 35.8 Å². The van der Waals surface area contributed by atoms with Crippen molar-refractivity contribution in [3.63, 3.8) is 0 Å². The van der Waals surface area contributed by atoms with E-state index in [1.807, 2.05) is 36.0 Å². The minimum Gasteiger partial charge on any atom is -0.385 e. The van der Waals surface area contributed by atoms with Gasteiger partial charge in [0.25, 0.3) is 0 Å². The summed E-state index contributed by atoms with van der Waals surface area (Å²) in [6.07, 6.45) is 3.55. The van der Waals surface area contributed by atoms with Gasteiger partial charge in [-0.1, -0.05) is 24.3 Å². The largest absolute Gasteiger partial charge is 0.385 e. The number of ether oxygens (including phenoxy) is 1. The molecule has 0 fully saturated rings. The SMILES string of the molecule is CCn1cc(C(O)C2OCCc3ccccc32)cn1. The lowest BCUT2D eigenvalue weighted by molar-refractivity contribution is -0.0483. The van der Waals surface area contributed by atoms with E-state index in [-0.39, 0.29) is 6.10 Å². The van der Waals surface area contributed by atoms with Crippen molar-refractivity contribution in [2.24, 2.45) is 0 Å². The Labute approximate surface area is 112 Å². The maximum atomic E-state index is 10.5. The van der Waals surface area contributed by atoms with Gasteiger partial charge in [-0.05, 0) is 24.5 Å². The van der Waals surface area contributed by atoms with E-state index in [0.29, 0.717) is 6.61 Å². The monoisotopic (exact) mass is 258 g/mol. The zero-order valence-electron chi connectivity index (χ0n) is 11.0. The van der Waals surface area contributed by atoms with E-state index < -0.39 is 6.10 Å². The number of aliphatic hydroxyl groups excluding tert-OH is 1. The van der Waals surface area contributed by atoms with Crippen LogP contribution in [0.3, 0.4) is 0 Å². The lowest BCUT2D eigenvalue weighted by Gasteiger charge is -2.29. The molecule has 0 saturated heterocycles. The quantitative estimate of drug-likeness (QED) is 0.918. The smallest absolute Gasteiger partial charge is 0.113 e. The van der Waals surface area contributed by atoms with Gasteiger partial charge in [0.15, 0.2) is 0 Å². The molecule has 1 aromatic heterocycles. The fourth-order valence-corrected chi connectivity index (χ4v) is 2.57. The fraction of sp³-hybridized carbons (Fsp3) is 0.400. The van der Waals surface area contributed by atoms with E-state index in [1.165, 1.54) is 5.56 Å². The van der Waals surface area contributed by atoms with Crippen molar-refractivity contribution in [2.75, 3.05) is 6.61 Å². The van der Waals surface area contributed by atoms with E-state index in [1.54, 1.807) is 6.20 Å². The van der Waals surface area contributed by atoms with Gasteiger partial charge in [-0.25, -0.2) is 0 Å². The minimum atomic E-state index is -0.665. The molecular weight excluding hydrogens is 240 g/mol. The van der Waals surface area contributed by atoms with Crippen LogP contribution in [0.4, 0.5) is 0 Å². The summed E-state index contributed by atoms with van der Waals surface area (Å²) in [5.41, 5.74) is 3.16. The first-order valence-corrected chi connectivity index (χ1v) is 6.69. The van der Waals surface area contributed by atoms with Gasteiger partial charge in [0.05, 0.1) is 12.8 Å². The van der Waals surface area contributed by atoms with Crippen molar-refractivity contribution < 1.29 is 9.84 Å². The summed E-state index contributed by atoms with van der Waals surface area (Å²) in [4.78, 5) is 0. The van der Waals surface area contributed by atoms with E-state index >= 15 is 0 Å². The summed E-state index contributed by atoms with van der Waals surface area (Å²) in [7, 11) is 0. The standard InChI is InChI=1S/C15H18N2O2/c1-2-17-10-12(9-16-17)14(18)15-13-6-4-3-5-11(13)7-8-19-15/h3-6,9-10,14-15,18H,2,7-8H2,1H3. The number of aryl methyl sites for hydroxylation is 1. The van der Waals surface area contributed by atoms with Crippen LogP contribution in [0.15, 0.2) is 36.7 Å². The van der Waals surface area contributed by atoms with Gasteiger partial charge in [0.1, 0.15) is 12.2 Å². The van der Waals surface area contributed by atoms with Gasteiger partial charge >= 0.3 is 0 Å². The molecule has 0 bridgehead atoms. The lowest BCUT2D eigenvalue weighted by atomic mass is 9.92. The molecule has 1 aliphatic heterocycles. The molecular formula is C15H18N2O2. The number of aliphatic hydroxyl groups is 1. The van der Waals surface area contributed by atoms with Crippen LogP contribution in [-0.4, -0.2) is 21.5 Å². The number of aromatic nitrogens is 2. The molecule has 2 atom stereocenters. The molecule has 0 aliphatic carbocycles. The van der Waals surface area contributed by atoms with Crippen molar-refractivity contribution in [3.05, 3.63) is 53.3 Å². The van der Waals surface area contributed by atoms with Gasteiger partial charge < -0.3 is 9.84 Å². The van der Waals surface area contributed by atoms with Crippen LogP contribution in [0.25, 0.3) is 0 Å². The molecule has 2 unspecified atom stereocenters. The third-order valence-corrected chi connectivity index (χ3v) is 3.64. The lowest BCUT2D eigenvalue weighted by Crippen LogP contribution is -2.21. The average Bonchev–Trinajstić information content (AvgIpc) is 2.95. The second-order valence-electron chi connectivity index (χ2n) is 4.81. The highest BCUT2D eigenvalue weighted by Crippen LogP contribution is 2.36. The van der Waals surface area contributed by atoms with E-state index in [9.17, 15) is 5.11 Å². The van der Waals surface area contributed by atoms with E-state index in [2.05, 4.69) is 11.2 Å². The van der Waals surface area contributed by atoms with Crippen molar-refractivity contribution in [1.82, 2.24) is 9.78 Å². The molecule has 4 nitrogen and oxygen atoms in total. The van der Waals surface area contributed by atoms with E-state index in [4.69, 9.17) is 4.74 Å². The van der Waals surface area contributed by atoms with E-state index in [0.717, 1.165) is 24.1 Å². The summed E-state index contributed by atoms with van der Waals surface area (Å²) < 4.78 is 7.59. The van der Waals surface area contributed by atoms with Crippen LogP contribution >= 0.6 is 0 Å². The zero-order chi connectivity index (χ0) is 13.2. The fourth-order valence-electron chi connectivity index (χ4n) is 2.57. The molecule has 2 aromatic rings. The molecule has 0 spiro atoms. The number of hydrogen-bond donors (Lipinski definition) is 1. The van der Waals surface area contributed by atoms with Gasteiger partial charge in [-0.15, -0.1) is 0 Å². The summed E-state index contributed by atoms with van der Waals surface area (Å²) in [6, 6.07) is 8.16. The molecule has 1 aromatic carbocycles. The number of hydrogen-bond acceptors (Lipinski definition) is 3. The molecule has 2 heterocycles. The highest BCUT2D eigenvalue weighted by Gasteiger charge is 2.29. The highest BCUT2D eigenvalue weighted by atomic mass is 16.5. The summed E-state index contributed by atoms with van der Waals surface area (Å²) >= 11 is 0. The third kappa shape index (κ3) is 2.29. The molecule has 0 saturated carbocycles. The number of fused-ring (bicyclic) bond motifs is 1. The molecule has 100 valence electrons. The number of rotatable bonds is 3. The predicted octanol–water partition coefficient (Wildman–Crippen LogP) is 2.25. The average molecular weight is 258 g/mol. The second-order valence-corrected chi connectivity index (χ2v) is 4.81. The van der Waals surface area contributed by atoms with Gasteiger partial charge in [0.2, 0.25) is 0 Å². The topological polar surface area (TPSA) is 47.3 Å². The number of benzene rings is 1. The van der Waals surface area contributed by atoms with Crippen LogP contribution in [0, 0.1) is 0 Å². The maximum absolute atomic E-state index is 10.5. The summed E-state index contributed by atoms with van der Waals surface area (Å²) in [5.74, 6) is 0. The van der Waals surface area contributed by atoms with Crippen LogP contribution in [-0.2, 0) is 17.7 Å². The Balaban J connectivity index is 1.90. The first-order chi connectivity index (χ1) is 9.29. The molecule has 0 radical (unpaired) electrons. The Morgan fingerprint density at radius 3 is 3.11 bits per heavy atom. The van der Waals surface area contributed by atoms with Gasteiger partial charge in [-0.2, -0.15) is 5.10 Å². The Bertz CT molecular complexity index is 565.